The van der Waals surface area contributed by atoms with Gasteiger partial charge in [-0.1, -0.05) is 44.2 Å². The van der Waals surface area contributed by atoms with E-state index in [9.17, 15) is 9.59 Å². The minimum atomic E-state index is -0.238. The van der Waals surface area contributed by atoms with Gasteiger partial charge in [0.15, 0.2) is 0 Å². The molecule has 2 aliphatic rings. The number of likely N-dealkylation sites (tertiary alicyclic amines) is 1. The van der Waals surface area contributed by atoms with Crippen LogP contribution in [0.15, 0.2) is 60.3 Å². The second kappa shape index (κ2) is 9.19. The summed E-state index contributed by atoms with van der Waals surface area (Å²) in [5, 5.41) is 0. The van der Waals surface area contributed by atoms with E-state index in [1.54, 1.807) is 0 Å². The molecule has 2 heterocycles. The Bertz CT molecular complexity index is 999. The Balaban J connectivity index is 1.74. The Kier molecular flexibility index (Phi) is 6.35. The van der Waals surface area contributed by atoms with Crippen LogP contribution < -0.4 is 9.80 Å². The van der Waals surface area contributed by atoms with Gasteiger partial charge < -0.3 is 9.80 Å². The van der Waals surface area contributed by atoms with Crippen molar-refractivity contribution in [3.8, 4) is 0 Å². The van der Waals surface area contributed by atoms with E-state index in [0.29, 0.717) is 28.8 Å². The van der Waals surface area contributed by atoms with Crippen molar-refractivity contribution in [1.29, 1.82) is 0 Å². The van der Waals surface area contributed by atoms with Crippen LogP contribution in [0, 0.1) is 11.8 Å². The molecule has 1 fully saturated rings. The van der Waals surface area contributed by atoms with E-state index in [0.717, 1.165) is 43.9 Å². The molecule has 2 unspecified atom stereocenters. The molecule has 4 rings (SSSR count). The predicted molar refractivity (Wildman–Crippen MR) is 130 cm³/mol. The van der Waals surface area contributed by atoms with Crippen LogP contribution in [-0.2, 0) is 9.59 Å². The third kappa shape index (κ3) is 4.04. The Hall–Kier alpha value is -3.08. The van der Waals surface area contributed by atoms with Crippen LogP contribution in [0.2, 0.25) is 0 Å². The highest BCUT2D eigenvalue weighted by atomic mass is 16.2. The molecule has 32 heavy (non-hydrogen) atoms. The molecule has 5 nitrogen and oxygen atoms in total. The largest absolute Gasteiger partial charge is 0.372 e. The van der Waals surface area contributed by atoms with E-state index >= 15 is 0 Å². The molecular weight excluding hydrogens is 398 g/mol. The maximum Gasteiger partial charge on any atom is 0.282 e. The summed E-state index contributed by atoms with van der Waals surface area (Å²) in [6.45, 7) is 12.1. The number of rotatable bonds is 6. The van der Waals surface area contributed by atoms with Crippen molar-refractivity contribution in [2.45, 2.75) is 34.1 Å². The number of carbonyl (C=O) groups excluding carboxylic acids is 2. The van der Waals surface area contributed by atoms with Crippen molar-refractivity contribution in [3.63, 3.8) is 0 Å². The van der Waals surface area contributed by atoms with Crippen LogP contribution in [0.1, 0.15) is 39.7 Å². The van der Waals surface area contributed by atoms with Crippen molar-refractivity contribution >= 4 is 28.8 Å². The van der Waals surface area contributed by atoms with Gasteiger partial charge in [0.25, 0.3) is 11.8 Å². The number of anilines is 2. The highest BCUT2D eigenvalue weighted by Gasteiger charge is 2.43. The summed E-state index contributed by atoms with van der Waals surface area (Å²) in [5.41, 5.74) is 3.58. The fraction of sp³-hybridized carbons (Fsp3) is 0.407. The van der Waals surface area contributed by atoms with Crippen LogP contribution >= 0.6 is 0 Å². The highest BCUT2D eigenvalue weighted by molar-refractivity contribution is 6.45. The molecule has 5 heteroatoms. The zero-order valence-electron chi connectivity index (χ0n) is 19.5. The molecule has 168 valence electrons. The quantitative estimate of drug-likeness (QED) is 0.617. The Morgan fingerprint density at radius 2 is 1.44 bits per heavy atom. The second-order valence-electron chi connectivity index (χ2n) is 9.08. The van der Waals surface area contributed by atoms with Crippen LogP contribution in [-0.4, -0.2) is 42.9 Å². The number of hydrogen-bond acceptors (Lipinski definition) is 4. The molecule has 2 aromatic carbocycles. The summed E-state index contributed by atoms with van der Waals surface area (Å²) in [6, 6.07) is 17.4. The minimum absolute atomic E-state index is 0.217. The van der Waals surface area contributed by atoms with Crippen molar-refractivity contribution in [3.05, 3.63) is 65.9 Å². The Morgan fingerprint density at radius 3 is 2.00 bits per heavy atom. The van der Waals surface area contributed by atoms with E-state index in [1.807, 2.05) is 54.6 Å². The standard InChI is InChI=1S/C27H33N3O2/c1-5-28(6-2)22-12-14-23(15-13-22)30-26(31)24(21-10-8-7-9-11-21)25(27(30)32)29-17-19(3)16-20(4)18-29/h7-15,19-20H,5-6,16-18H2,1-4H3. The first-order valence-corrected chi connectivity index (χ1v) is 11.7. The van der Waals surface area contributed by atoms with Gasteiger partial charge in [0.1, 0.15) is 5.70 Å². The zero-order valence-corrected chi connectivity index (χ0v) is 19.5. The van der Waals surface area contributed by atoms with Gasteiger partial charge in [-0.3, -0.25) is 9.59 Å². The van der Waals surface area contributed by atoms with E-state index < -0.39 is 0 Å². The van der Waals surface area contributed by atoms with Gasteiger partial charge >= 0.3 is 0 Å². The lowest BCUT2D eigenvalue weighted by atomic mass is 9.91. The Labute approximate surface area is 191 Å². The molecule has 1 saturated heterocycles. The van der Waals surface area contributed by atoms with Gasteiger partial charge in [-0.05, 0) is 61.9 Å². The maximum absolute atomic E-state index is 13.7. The monoisotopic (exact) mass is 431 g/mol. The number of nitrogens with zero attached hydrogens (tertiary/aromatic N) is 3. The van der Waals surface area contributed by atoms with Gasteiger partial charge in [-0.2, -0.15) is 0 Å². The molecule has 2 aromatic rings. The van der Waals surface area contributed by atoms with Gasteiger partial charge in [-0.25, -0.2) is 4.90 Å². The lowest BCUT2D eigenvalue weighted by Gasteiger charge is -2.37. The predicted octanol–water partition coefficient (Wildman–Crippen LogP) is 4.80. The van der Waals surface area contributed by atoms with Crippen LogP contribution in [0.4, 0.5) is 11.4 Å². The van der Waals surface area contributed by atoms with E-state index in [1.165, 1.54) is 4.90 Å². The SMILES string of the molecule is CCN(CC)c1ccc(N2C(=O)C(c3ccccc3)=C(N3CC(C)CC(C)C3)C2=O)cc1. The number of benzene rings is 2. The maximum atomic E-state index is 13.7. The van der Waals surface area contributed by atoms with E-state index in [2.05, 4.69) is 37.5 Å². The van der Waals surface area contributed by atoms with Gasteiger partial charge in [0.05, 0.1) is 11.3 Å². The summed E-state index contributed by atoms with van der Waals surface area (Å²) in [5.74, 6) is 0.505. The van der Waals surface area contributed by atoms with Gasteiger partial charge in [0.2, 0.25) is 0 Å². The normalized spacial score (nSPS) is 21.5. The second-order valence-corrected chi connectivity index (χ2v) is 9.08. The molecule has 0 spiro atoms. The molecule has 0 radical (unpaired) electrons. The number of carbonyl (C=O) groups is 2. The summed E-state index contributed by atoms with van der Waals surface area (Å²) in [6.07, 6.45) is 1.14. The fourth-order valence-electron chi connectivity index (χ4n) is 5.16. The summed E-state index contributed by atoms with van der Waals surface area (Å²) in [7, 11) is 0. The van der Waals surface area contributed by atoms with Gasteiger partial charge in [0, 0.05) is 31.9 Å². The lowest BCUT2D eigenvalue weighted by Crippen LogP contribution is -2.42. The van der Waals surface area contributed by atoms with Crippen molar-refractivity contribution < 1.29 is 9.59 Å². The molecule has 0 aromatic heterocycles. The molecular formula is C27H33N3O2. The summed E-state index contributed by atoms with van der Waals surface area (Å²) in [4.78, 5) is 33.2. The molecule has 0 saturated carbocycles. The first-order valence-electron chi connectivity index (χ1n) is 11.7. The van der Waals surface area contributed by atoms with Crippen molar-refractivity contribution in [2.75, 3.05) is 36.0 Å². The lowest BCUT2D eigenvalue weighted by molar-refractivity contribution is -0.120. The number of amides is 2. The fourth-order valence-corrected chi connectivity index (χ4v) is 5.16. The first-order chi connectivity index (χ1) is 15.4. The third-order valence-electron chi connectivity index (χ3n) is 6.54. The smallest absolute Gasteiger partial charge is 0.282 e. The third-order valence-corrected chi connectivity index (χ3v) is 6.54. The van der Waals surface area contributed by atoms with E-state index in [-0.39, 0.29) is 11.8 Å². The number of hydrogen-bond donors (Lipinski definition) is 0. The van der Waals surface area contributed by atoms with Crippen LogP contribution in [0.3, 0.4) is 0 Å². The minimum Gasteiger partial charge on any atom is -0.372 e. The molecule has 0 bridgehead atoms. The number of imide groups is 1. The number of piperidine rings is 1. The van der Waals surface area contributed by atoms with E-state index in [4.69, 9.17) is 0 Å². The zero-order chi connectivity index (χ0) is 22.8. The Morgan fingerprint density at radius 1 is 0.844 bits per heavy atom. The van der Waals surface area contributed by atoms with Gasteiger partial charge in [-0.15, -0.1) is 0 Å². The van der Waals surface area contributed by atoms with Crippen molar-refractivity contribution in [2.24, 2.45) is 11.8 Å². The molecule has 0 N–H and O–H groups in total. The molecule has 2 atom stereocenters. The molecule has 2 aliphatic heterocycles. The van der Waals surface area contributed by atoms with Crippen LogP contribution in [0.5, 0.6) is 0 Å². The molecule has 2 amide bonds. The summed E-state index contributed by atoms with van der Waals surface area (Å²) >= 11 is 0. The first kappa shape index (κ1) is 22.1. The van der Waals surface area contributed by atoms with Crippen molar-refractivity contribution in [1.82, 2.24) is 4.90 Å². The topological polar surface area (TPSA) is 43.9 Å². The summed E-state index contributed by atoms with van der Waals surface area (Å²) < 4.78 is 0. The van der Waals surface area contributed by atoms with Crippen LogP contribution in [0.25, 0.3) is 5.57 Å². The average molecular weight is 432 g/mol. The molecule has 0 aliphatic carbocycles. The average Bonchev–Trinajstić information content (AvgIpc) is 3.05. The highest BCUT2D eigenvalue weighted by Crippen LogP contribution is 2.37.